The molecular formula is C19H26N3O3+. The molecule has 134 valence electrons. The lowest BCUT2D eigenvalue weighted by atomic mass is 10.1. The van der Waals surface area contributed by atoms with Crippen LogP contribution in [0, 0.1) is 6.92 Å². The minimum absolute atomic E-state index is 0.451. The Kier molecular flexibility index (Phi) is 5.50. The van der Waals surface area contributed by atoms with Crippen LogP contribution in [0.2, 0.25) is 0 Å². The molecular weight excluding hydrogens is 318 g/mol. The van der Waals surface area contributed by atoms with Gasteiger partial charge in [0.2, 0.25) is 0 Å². The van der Waals surface area contributed by atoms with Crippen LogP contribution in [-0.2, 0) is 16.6 Å². The maximum absolute atomic E-state index is 12.6. The van der Waals surface area contributed by atoms with Gasteiger partial charge in [0.15, 0.2) is 0 Å². The third kappa shape index (κ3) is 3.75. The van der Waals surface area contributed by atoms with Crippen molar-refractivity contribution >= 4 is 22.6 Å². The highest BCUT2D eigenvalue weighted by molar-refractivity contribution is 6.45. The number of nitrogens with zero attached hydrogens (tertiary/aromatic N) is 1. The summed E-state index contributed by atoms with van der Waals surface area (Å²) < 4.78 is 7.29. The van der Waals surface area contributed by atoms with Gasteiger partial charge >= 0.3 is 0 Å². The molecule has 1 aromatic heterocycles. The van der Waals surface area contributed by atoms with Crippen molar-refractivity contribution in [3.8, 4) is 0 Å². The number of hydrogen-bond donors (Lipinski definition) is 2. The Morgan fingerprint density at radius 3 is 2.72 bits per heavy atom. The molecule has 1 saturated heterocycles. The monoisotopic (exact) mass is 344 g/mol. The average molecular weight is 344 g/mol. The highest BCUT2D eigenvalue weighted by atomic mass is 16.5. The summed E-state index contributed by atoms with van der Waals surface area (Å²) in [7, 11) is 1.91. The number of quaternary nitrogens is 1. The molecule has 2 N–H and O–H groups in total. The molecule has 1 fully saturated rings. The standard InChI is InChI=1S/C19H25N3O3/c1-14-17(15-6-3-4-7-16(15)21(14)2)18(23)19(24)20-8-5-9-22-10-12-25-13-11-22/h3-4,6-7H,5,8-13H2,1-2H3,(H,20,24)/p+1. The van der Waals surface area contributed by atoms with Gasteiger partial charge in [-0.2, -0.15) is 0 Å². The predicted octanol–water partition coefficient (Wildman–Crippen LogP) is 0.0908. The van der Waals surface area contributed by atoms with E-state index in [1.165, 1.54) is 4.90 Å². The molecule has 0 unspecified atom stereocenters. The van der Waals surface area contributed by atoms with Crippen LogP contribution in [0.25, 0.3) is 10.9 Å². The molecule has 0 atom stereocenters. The summed E-state index contributed by atoms with van der Waals surface area (Å²) in [6, 6.07) is 7.68. The Morgan fingerprint density at radius 2 is 1.96 bits per heavy atom. The van der Waals surface area contributed by atoms with E-state index in [1.807, 2.05) is 42.8 Å². The third-order valence-corrected chi connectivity index (χ3v) is 5.03. The van der Waals surface area contributed by atoms with Crippen LogP contribution in [0.4, 0.5) is 0 Å². The van der Waals surface area contributed by atoms with Gasteiger partial charge in [0.05, 0.1) is 25.3 Å². The molecule has 2 aromatic rings. The van der Waals surface area contributed by atoms with Crippen LogP contribution < -0.4 is 10.2 Å². The summed E-state index contributed by atoms with van der Waals surface area (Å²) in [5.74, 6) is -0.968. The van der Waals surface area contributed by atoms with Gasteiger partial charge < -0.3 is 19.5 Å². The van der Waals surface area contributed by atoms with Gasteiger partial charge in [0, 0.05) is 36.6 Å². The molecule has 25 heavy (non-hydrogen) atoms. The maximum atomic E-state index is 12.6. The second kappa shape index (κ2) is 7.80. The van der Waals surface area contributed by atoms with Crippen molar-refractivity contribution in [3.63, 3.8) is 0 Å². The van der Waals surface area contributed by atoms with Crippen molar-refractivity contribution in [2.24, 2.45) is 7.05 Å². The third-order valence-electron chi connectivity index (χ3n) is 5.03. The zero-order valence-electron chi connectivity index (χ0n) is 14.9. The van der Waals surface area contributed by atoms with E-state index in [-0.39, 0.29) is 0 Å². The Balaban J connectivity index is 1.59. The molecule has 1 aromatic carbocycles. The zero-order chi connectivity index (χ0) is 17.8. The number of nitrogens with one attached hydrogen (secondary N) is 2. The zero-order valence-corrected chi connectivity index (χ0v) is 14.9. The number of hydrogen-bond acceptors (Lipinski definition) is 3. The molecule has 0 aliphatic carbocycles. The van der Waals surface area contributed by atoms with Gasteiger partial charge in [-0.15, -0.1) is 0 Å². The maximum Gasteiger partial charge on any atom is 0.292 e. The van der Waals surface area contributed by atoms with E-state index in [1.54, 1.807) is 0 Å². The van der Waals surface area contributed by atoms with E-state index in [0.717, 1.165) is 55.9 Å². The van der Waals surface area contributed by atoms with Crippen LogP contribution in [0.5, 0.6) is 0 Å². The Labute approximate surface area is 147 Å². The van der Waals surface area contributed by atoms with Gasteiger partial charge in [-0.3, -0.25) is 9.59 Å². The van der Waals surface area contributed by atoms with Crippen LogP contribution in [0.15, 0.2) is 24.3 Å². The summed E-state index contributed by atoms with van der Waals surface area (Å²) in [6.07, 6.45) is 0.864. The number of aromatic nitrogens is 1. The Bertz CT molecular complexity index is 776. The van der Waals surface area contributed by atoms with E-state index in [2.05, 4.69) is 5.32 Å². The van der Waals surface area contributed by atoms with Crippen molar-refractivity contribution in [1.82, 2.24) is 9.88 Å². The molecule has 0 saturated carbocycles. The lowest BCUT2D eigenvalue weighted by Crippen LogP contribution is -3.14. The number of para-hydroxylation sites is 1. The van der Waals surface area contributed by atoms with Crippen molar-refractivity contribution in [2.75, 3.05) is 39.4 Å². The summed E-state index contributed by atoms with van der Waals surface area (Å²) in [6.45, 7) is 7.04. The first-order chi connectivity index (χ1) is 12.1. The highest BCUT2D eigenvalue weighted by Crippen LogP contribution is 2.25. The van der Waals surface area contributed by atoms with Crippen molar-refractivity contribution < 1.29 is 19.2 Å². The lowest BCUT2D eigenvalue weighted by Gasteiger charge is -2.23. The molecule has 2 heterocycles. The SMILES string of the molecule is Cc1c(C(=O)C(=O)NCCC[NH+]2CCOCC2)c2ccccc2n1C. The Hall–Kier alpha value is -2.18. The highest BCUT2D eigenvalue weighted by Gasteiger charge is 2.23. The lowest BCUT2D eigenvalue weighted by molar-refractivity contribution is -0.908. The molecule has 6 heteroatoms. The number of fused-ring (bicyclic) bond motifs is 1. The molecule has 3 rings (SSSR count). The van der Waals surface area contributed by atoms with Crippen LogP contribution in [-0.4, -0.2) is 55.7 Å². The summed E-state index contributed by atoms with van der Waals surface area (Å²) in [5, 5.41) is 3.61. The summed E-state index contributed by atoms with van der Waals surface area (Å²) in [5.41, 5.74) is 2.29. The fraction of sp³-hybridized carbons (Fsp3) is 0.474. The van der Waals surface area contributed by atoms with E-state index < -0.39 is 11.7 Å². The van der Waals surface area contributed by atoms with Crippen LogP contribution >= 0.6 is 0 Å². The quantitative estimate of drug-likeness (QED) is 0.444. The molecule has 1 amide bonds. The van der Waals surface area contributed by atoms with Gasteiger partial charge in [0.25, 0.3) is 11.7 Å². The first-order valence-electron chi connectivity index (χ1n) is 8.87. The minimum atomic E-state index is -0.517. The molecule has 1 aliphatic rings. The van der Waals surface area contributed by atoms with Gasteiger partial charge in [-0.25, -0.2) is 0 Å². The fourth-order valence-electron chi connectivity index (χ4n) is 3.45. The topological polar surface area (TPSA) is 64.8 Å². The van der Waals surface area contributed by atoms with Crippen LogP contribution in [0.1, 0.15) is 22.5 Å². The molecule has 0 spiro atoms. The van der Waals surface area contributed by atoms with Crippen molar-refractivity contribution in [2.45, 2.75) is 13.3 Å². The molecule has 6 nitrogen and oxygen atoms in total. The van der Waals surface area contributed by atoms with E-state index >= 15 is 0 Å². The fourth-order valence-corrected chi connectivity index (χ4v) is 3.45. The Morgan fingerprint density at radius 1 is 1.24 bits per heavy atom. The van der Waals surface area contributed by atoms with Crippen molar-refractivity contribution in [1.29, 1.82) is 0 Å². The summed E-state index contributed by atoms with van der Waals surface area (Å²) >= 11 is 0. The van der Waals surface area contributed by atoms with Gasteiger partial charge in [-0.05, 0) is 13.0 Å². The number of Topliss-reactive ketones (excluding diaryl/α,β-unsaturated/α-hetero) is 1. The number of benzene rings is 1. The molecule has 0 radical (unpaired) electrons. The van der Waals surface area contributed by atoms with E-state index in [4.69, 9.17) is 4.74 Å². The number of ether oxygens (including phenoxy) is 1. The predicted molar refractivity (Wildman–Crippen MR) is 96.0 cm³/mol. The normalized spacial score (nSPS) is 15.4. The largest absolute Gasteiger partial charge is 0.370 e. The molecule has 1 aliphatic heterocycles. The number of carbonyl (C=O) groups is 2. The number of carbonyl (C=O) groups excluding carboxylic acids is 2. The number of aryl methyl sites for hydroxylation is 1. The summed E-state index contributed by atoms with van der Waals surface area (Å²) in [4.78, 5) is 26.4. The smallest absolute Gasteiger partial charge is 0.292 e. The van der Waals surface area contributed by atoms with Gasteiger partial charge in [0.1, 0.15) is 13.1 Å². The second-order valence-corrected chi connectivity index (χ2v) is 6.59. The van der Waals surface area contributed by atoms with Crippen LogP contribution in [0.3, 0.4) is 0 Å². The first kappa shape index (κ1) is 17.6. The molecule has 0 bridgehead atoms. The number of rotatable bonds is 6. The van der Waals surface area contributed by atoms with Crippen molar-refractivity contribution in [3.05, 3.63) is 35.5 Å². The first-order valence-corrected chi connectivity index (χ1v) is 8.87. The van der Waals surface area contributed by atoms with E-state index in [9.17, 15) is 9.59 Å². The minimum Gasteiger partial charge on any atom is -0.370 e. The number of ketones is 1. The number of morpholine rings is 1. The van der Waals surface area contributed by atoms with Gasteiger partial charge in [-0.1, -0.05) is 18.2 Å². The van der Waals surface area contributed by atoms with E-state index in [0.29, 0.717) is 12.1 Å². The average Bonchev–Trinajstić information content (AvgIpc) is 2.90. The second-order valence-electron chi connectivity index (χ2n) is 6.59. The number of amides is 1.